The van der Waals surface area contributed by atoms with Crippen molar-refractivity contribution in [2.75, 3.05) is 0 Å². The topological polar surface area (TPSA) is 69.6 Å². The van der Waals surface area contributed by atoms with E-state index >= 15 is 0 Å². The molecular weight excluding hydrogens is 379 g/mol. The predicted molar refractivity (Wildman–Crippen MR) is 92.0 cm³/mol. The van der Waals surface area contributed by atoms with Crippen molar-refractivity contribution in [2.45, 2.75) is 49.3 Å². The summed E-state index contributed by atoms with van der Waals surface area (Å²) < 4.78 is 45.2. The van der Waals surface area contributed by atoms with Gasteiger partial charge in [0.25, 0.3) is 0 Å². The summed E-state index contributed by atoms with van der Waals surface area (Å²) in [5.74, 6) is 2.59. The molecule has 0 aliphatic heterocycles. The van der Waals surface area contributed by atoms with E-state index in [0.29, 0.717) is 23.1 Å². The largest absolute Gasteiger partial charge is 0.416 e. The lowest BCUT2D eigenvalue weighted by Crippen LogP contribution is -2.04. The highest BCUT2D eigenvalue weighted by Crippen LogP contribution is 2.40. The molecule has 0 radical (unpaired) electrons. The lowest BCUT2D eigenvalue weighted by atomic mass is 10.1. The van der Waals surface area contributed by atoms with Crippen LogP contribution in [0.2, 0.25) is 0 Å². The van der Waals surface area contributed by atoms with Gasteiger partial charge in [-0.25, -0.2) is 0 Å². The van der Waals surface area contributed by atoms with Crippen LogP contribution in [-0.2, 0) is 18.5 Å². The summed E-state index contributed by atoms with van der Waals surface area (Å²) in [6.07, 6.45) is -2.06. The first-order chi connectivity index (χ1) is 13.0. The van der Waals surface area contributed by atoms with Crippen LogP contribution in [0.25, 0.3) is 11.4 Å². The van der Waals surface area contributed by atoms with Gasteiger partial charge in [-0.15, -0.1) is 10.2 Å². The van der Waals surface area contributed by atoms with Crippen molar-refractivity contribution < 1.29 is 17.7 Å². The minimum Gasteiger partial charge on any atom is -0.338 e. The number of nitrogens with zero attached hydrogens (tertiary/aromatic N) is 5. The second kappa shape index (κ2) is 6.99. The highest BCUT2D eigenvalue weighted by Gasteiger charge is 2.31. The molecule has 6 nitrogen and oxygen atoms in total. The second-order valence-corrected chi connectivity index (χ2v) is 7.18. The quantitative estimate of drug-likeness (QED) is 0.571. The molecule has 1 aliphatic rings. The molecule has 10 heteroatoms. The van der Waals surface area contributed by atoms with E-state index in [1.54, 1.807) is 0 Å². The van der Waals surface area contributed by atoms with E-state index in [0.717, 1.165) is 42.5 Å². The average molecular weight is 395 g/mol. The molecule has 27 heavy (non-hydrogen) atoms. The minimum absolute atomic E-state index is 0.259. The number of halogens is 3. The SMILES string of the molecule is CCn1c(SCc2nc(-c3ccc(C(F)(F)F)cc3)no2)nnc1C1CC1. The fourth-order valence-corrected chi connectivity index (χ4v) is 3.56. The smallest absolute Gasteiger partial charge is 0.338 e. The Hall–Kier alpha value is -2.36. The maximum absolute atomic E-state index is 12.6. The van der Waals surface area contributed by atoms with E-state index in [9.17, 15) is 13.2 Å². The van der Waals surface area contributed by atoms with Gasteiger partial charge in [0, 0.05) is 18.0 Å². The zero-order chi connectivity index (χ0) is 19.0. The zero-order valence-corrected chi connectivity index (χ0v) is 15.2. The predicted octanol–water partition coefficient (Wildman–Crippen LogP) is 4.54. The highest BCUT2D eigenvalue weighted by molar-refractivity contribution is 7.98. The van der Waals surface area contributed by atoms with E-state index in [2.05, 4.69) is 31.8 Å². The molecule has 1 saturated carbocycles. The number of benzene rings is 1. The van der Waals surface area contributed by atoms with Gasteiger partial charge >= 0.3 is 6.18 Å². The van der Waals surface area contributed by atoms with Crippen molar-refractivity contribution in [2.24, 2.45) is 0 Å². The summed E-state index contributed by atoms with van der Waals surface area (Å²) >= 11 is 1.45. The number of hydrogen-bond donors (Lipinski definition) is 0. The van der Waals surface area contributed by atoms with Gasteiger partial charge in [0.05, 0.1) is 11.3 Å². The summed E-state index contributed by atoms with van der Waals surface area (Å²) in [4.78, 5) is 4.26. The normalized spacial score (nSPS) is 14.7. The lowest BCUT2D eigenvalue weighted by Gasteiger charge is -2.05. The Bertz CT molecular complexity index is 931. The van der Waals surface area contributed by atoms with Gasteiger partial charge in [-0.1, -0.05) is 29.1 Å². The Morgan fingerprint density at radius 1 is 1.19 bits per heavy atom. The second-order valence-electron chi connectivity index (χ2n) is 6.23. The molecule has 0 saturated heterocycles. The van der Waals surface area contributed by atoms with Crippen LogP contribution in [0.5, 0.6) is 0 Å². The van der Waals surface area contributed by atoms with E-state index in [4.69, 9.17) is 4.52 Å². The third-order valence-electron chi connectivity index (χ3n) is 4.27. The summed E-state index contributed by atoms with van der Waals surface area (Å²) in [5, 5.41) is 13.2. The van der Waals surface area contributed by atoms with Crippen LogP contribution in [0.4, 0.5) is 13.2 Å². The van der Waals surface area contributed by atoms with E-state index in [1.807, 2.05) is 0 Å². The van der Waals surface area contributed by atoms with E-state index < -0.39 is 11.7 Å². The molecule has 1 aromatic carbocycles. The summed E-state index contributed by atoms with van der Waals surface area (Å²) in [5.41, 5.74) is -0.244. The van der Waals surface area contributed by atoms with Crippen molar-refractivity contribution in [3.8, 4) is 11.4 Å². The van der Waals surface area contributed by atoms with Gasteiger partial charge in [0.2, 0.25) is 11.7 Å². The monoisotopic (exact) mass is 395 g/mol. The maximum atomic E-state index is 12.6. The van der Waals surface area contributed by atoms with Gasteiger partial charge in [0.1, 0.15) is 5.82 Å². The molecule has 0 bridgehead atoms. The number of aromatic nitrogens is 5. The molecule has 0 amide bonds. The zero-order valence-electron chi connectivity index (χ0n) is 14.4. The third-order valence-corrected chi connectivity index (χ3v) is 5.22. The molecular formula is C17H16F3N5OS. The van der Waals surface area contributed by atoms with Gasteiger partial charge in [0.15, 0.2) is 5.16 Å². The molecule has 142 valence electrons. The minimum atomic E-state index is -4.37. The lowest BCUT2D eigenvalue weighted by molar-refractivity contribution is -0.137. The first-order valence-corrected chi connectivity index (χ1v) is 9.50. The molecule has 0 N–H and O–H groups in total. The van der Waals surface area contributed by atoms with Gasteiger partial charge in [-0.05, 0) is 31.9 Å². The van der Waals surface area contributed by atoms with Crippen LogP contribution in [0.1, 0.15) is 43.0 Å². The van der Waals surface area contributed by atoms with Crippen molar-refractivity contribution in [1.82, 2.24) is 24.9 Å². The van der Waals surface area contributed by atoms with E-state index in [-0.39, 0.29) is 5.82 Å². The molecule has 1 fully saturated rings. The molecule has 2 heterocycles. The molecule has 0 spiro atoms. The molecule has 4 rings (SSSR count). The van der Waals surface area contributed by atoms with Crippen LogP contribution in [0.15, 0.2) is 33.9 Å². The Morgan fingerprint density at radius 2 is 1.93 bits per heavy atom. The Balaban J connectivity index is 1.44. The number of thioether (sulfide) groups is 1. The number of hydrogen-bond acceptors (Lipinski definition) is 6. The molecule has 1 aliphatic carbocycles. The number of rotatable bonds is 6. The molecule has 3 aromatic rings. The van der Waals surface area contributed by atoms with Crippen LogP contribution in [0, 0.1) is 0 Å². The van der Waals surface area contributed by atoms with Crippen LogP contribution in [0.3, 0.4) is 0 Å². The fourth-order valence-electron chi connectivity index (χ4n) is 2.71. The summed E-state index contributed by atoms with van der Waals surface area (Å²) in [6, 6.07) is 4.67. The van der Waals surface area contributed by atoms with Crippen LogP contribution < -0.4 is 0 Å². The summed E-state index contributed by atoms with van der Waals surface area (Å²) in [7, 11) is 0. The Morgan fingerprint density at radius 3 is 2.56 bits per heavy atom. The van der Waals surface area contributed by atoms with Gasteiger partial charge in [-0.2, -0.15) is 18.2 Å². The summed E-state index contributed by atoms with van der Waals surface area (Å²) in [6.45, 7) is 2.84. The van der Waals surface area contributed by atoms with Crippen molar-refractivity contribution in [3.05, 3.63) is 41.5 Å². The van der Waals surface area contributed by atoms with Crippen LogP contribution in [-0.4, -0.2) is 24.9 Å². The first-order valence-electron chi connectivity index (χ1n) is 8.52. The standard InChI is InChI=1S/C17H16F3N5OS/c1-2-25-15(11-3-4-11)22-23-16(25)27-9-13-21-14(24-26-13)10-5-7-12(8-6-10)17(18,19)20/h5-8,11H,2-4,9H2,1H3. The molecule has 0 unspecified atom stereocenters. The average Bonchev–Trinajstić information content (AvgIpc) is 3.24. The molecule has 2 aromatic heterocycles. The molecule has 0 atom stereocenters. The van der Waals surface area contributed by atoms with Crippen molar-refractivity contribution in [1.29, 1.82) is 0 Å². The fraction of sp³-hybridized carbons (Fsp3) is 0.412. The Labute approximate surface area is 157 Å². The van der Waals surface area contributed by atoms with E-state index in [1.165, 1.54) is 23.9 Å². The van der Waals surface area contributed by atoms with Crippen LogP contribution >= 0.6 is 11.8 Å². The van der Waals surface area contributed by atoms with Gasteiger partial charge < -0.3 is 9.09 Å². The highest BCUT2D eigenvalue weighted by atomic mass is 32.2. The third kappa shape index (κ3) is 3.85. The number of alkyl halides is 3. The maximum Gasteiger partial charge on any atom is 0.416 e. The first kappa shape index (κ1) is 18.0. The van der Waals surface area contributed by atoms with Crippen molar-refractivity contribution in [3.63, 3.8) is 0 Å². The Kier molecular flexibility index (Phi) is 4.67. The van der Waals surface area contributed by atoms with Crippen molar-refractivity contribution >= 4 is 11.8 Å². The van der Waals surface area contributed by atoms with Gasteiger partial charge in [-0.3, -0.25) is 0 Å².